The highest BCUT2D eigenvalue weighted by atomic mass is 32.2. The van der Waals surface area contributed by atoms with Gasteiger partial charge in [0.25, 0.3) is 10.1 Å². The van der Waals surface area contributed by atoms with Crippen molar-refractivity contribution in [2.45, 2.75) is 6.42 Å². The van der Waals surface area contributed by atoms with E-state index in [-0.39, 0.29) is 18.4 Å². The van der Waals surface area contributed by atoms with Gasteiger partial charge in [-0.1, -0.05) is 0 Å². The lowest BCUT2D eigenvalue weighted by molar-refractivity contribution is -0.119. The molecule has 1 unspecified atom stereocenters. The van der Waals surface area contributed by atoms with Crippen LogP contribution in [0, 0.1) is 5.92 Å². The normalized spacial score (nSPS) is 24.1. The molecule has 0 spiro atoms. The predicted molar refractivity (Wildman–Crippen MR) is 41.9 cm³/mol. The molecule has 0 bridgehead atoms. The molecule has 70 valence electrons. The lowest BCUT2D eigenvalue weighted by atomic mass is 10.1. The number of amides is 1. The van der Waals surface area contributed by atoms with Crippen LogP contribution >= 0.6 is 0 Å². The molecule has 1 aliphatic heterocycles. The first kappa shape index (κ1) is 9.47. The van der Waals surface area contributed by atoms with E-state index in [1.165, 1.54) is 0 Å². The summed E-state index contributed by atoms with van der Waals surface area (Å²) in [7, 11) is -3.37. The highest BCUT2D eigenvalue weighted by Gasteiger charge is 2.22. The van der Waals surface area contributed by atoms with Gasteiger partial charge in [0.05, 0.1) is 12.9 Å². The molecule has 0 aliphatic carbocycles. The minimum absolute atomic E-state index is 0.00720. The third-order valence-corrected chi connectivity index (χ3v) is 2.14. The zero-order valence-corrected chi connectivity index (χ0v) is 7.56. The lowest BCUT2D eigenvalue weighted by Crippen LogP contribution is -2.17. The standard InChI is InChI=1S/C6H11NO4S/c1-12(9,10)11-4-5-2-6(8)7-3-5/h5H,2-4H2,1H3,(H,7,8). The van der Waals surface area contributed by atoms with Crippen molar-refractivity contribution in [3.63, 3.8) is 0 Å². The molecule has 0 aromatic heterocycles. The summed E-state index contributed by atoms with van der Waals surface area (Å²) >= 11 is 0. The van der Waals surface area contributed by atoms with E-state index in [1.54, 1.807) is 0 Å². The van der Waals surface area contributed by atoms with Gasteiger partial charge in [-0.15, -0.1) is 0 Å². The molecule has 1 heterocycles. The van der Waals surface area contributed by atoms with Crippen LogP contribution in [0.3, 0.4) is 0 Å². The van der Waals surface area contributed by atoms with Crippen LogP contribution in [0.5, 0.6) is 0 Å². The van der Waals surface area contributed by atoms with Crippen molar-refractivity contribution in [2.24, 2.45) is 5.92 Å². The van der Waals surface area contributed by atoms with Crippen molar-refractivity contribution < 1.29 is 17.4 Å². The highest BCUT2D eigenvalue weighted by Crippen LogP contribution is 2.09. The molecule has 1 N–H and O–H groups in total. The molecule has 0 radical (unpaired) electrons. The summed E-state index contributed by atoms with van der Waals surface area (Å²) in [5.74, 6) is -0.0515. The van der Waals surface area contributed by atoms with Gasteiger partial charge in [0.2, 0.25) is 5.91 Å². The molecule has 1 saturated heterocycles. The molecule has 1 atom stereocenters. The monoisotopic (exact) mass is 193 g/mol. The van der Waals surface area contributed by atoms with Crippen molar-refractivity contribution in [2.75, 3.05) is 19.4 Å². The van der Waals surface area contributed by atoms with Crippen LogP contribution in [0.1, 0.15) is 6.42 Å². The summed E-state index contributed by atoms with van der Waals surface area (Å²) in [5, 5.41) is 2.59. The lowest BCUT2D eigenvalue weighted by Gasteiger charge is -2.05. The SMILES string of the molecule is CS(=O)(=O)OCC1CNC(=O)C1. The molecule has 1 rings (SSSR count). The molecule has 1 amide bonds. The Morgan fingerprint density at radius 1 is 1.67 bits per heavy atom. The van der Waals surface area contributed by atoms with Crippen LogP contribution in [0.25, 0.3) is 0 Å². The number of nitrogens with one attached hydrogen (secondary N) is 1. The third kappa shape index (κ3) is 3.19. The minimum Gasteiger partial charge on any atom is -0.356 e. The summed E-state index contributed by atoms with van der Waals surface area (Å²) in [4.78, 5) is 10.7. The molecule has 0 saturated carbocycles. The first-order chi connectivity index (χ1) is 5.47. The first-order valence-corrected chi connectivity index (χ1v) is 5.40. The fraction of sp³-hybridized carbons (Fsp3) is 0.833. The van der Waals surface area contributed by atoms with Gasteiger partial charge in [-0.3, -0.25) is 8.98 Å². The third-order valence-electron chi connectivity index (χ3n) is 1.58. The van der Waals surface area contributed by atoms with Gasteiger partial charge in [0.15, 0.2) is 0 Å². The number of hydrogen-bond acceptors (Lipinski definition) is 4. The molecular weight excluding hydrogens is 182 g/mol. The summed E-state index contributed by atoms with van der Waals surface area (Å²) in [5.41, 5.74) is 0. The van der Waals surface area contributed by atoms with E-state index in [0.29, 0.717) is 13.0 Å². The fourth-order valence-corrected chi connectivity index (χ4v) is 1.44. The Kier molecular flexibility index (Phi) is 2.69. The molecule has 0 aromatic carbocycles. The van der Waals surface area contributed by atoms with Gasteiger partial charge in [-0.2, -0.15) is 8.42 Å². The average molecular weight is 193 g/mol. The topological polar surface area (TPSA) is 72.5 Å². The van der Waals surface area contributed by atoms with Gasteiger partial charge in [0, 0.05) is 18.9 Å². The summed E-state index contributed by atoms with van der Waals surface area (Å²) in [6, 6.07) is 0. The zero-order valence-electron chi connectivity index (χ0n) is 6.74. The van der Waals surface area contributed by atoms with Gasteiger partial charge >= 0.3 is 0 Å². The van der Waals surface area contributed by atoms with Crippen molar-refractivity contribution in [1.82, 2.24) is 5.32 Å². The molecular formula is C6H11NO4S. The molecule has 12 heavy (non-hydrogen) atoms. The van der Waals surface area contributed by atoms with Gasteiger partial charge in [-0.05, 0) is 0 Å². The minimum atomic E-state index is -3.37. The van der Waals surface area contributed by atoms with Crippen molar-refractivity contribution >= 4 is 16.0 Å². The number of hydrogen-bond donors (Lipinski definition) is 1. The summed E-state index contributed by atoms with van der Waals surface area (Å²) < 4.78 is 25.6. The first-order valence-electron chi connectivity index (χ1n) is 3.58. The number of carbonyl (C=O) groups is 1. The smallest absolute Gasteiger partial charge is 0.264 e. The number of rotatable bonds is 3. The second-order valence-electron chi connectivity index (χ2n) is 2.86. The van der Waals surface area contributed by atoms with Crippen LogP contribution in [0.15, 0.2) is 0 Å². The Morgan fingerprint density at radius 3 is 2.75 bits per heavy atom. The Balaban J connectivity index is 2.30. The Labute approximate surface area is 71.2 Å². The van der Waals surface area contributed by atoms with E-state index in [0.717, 1.165) is 6.26 Å². The summed E-state index contributed by atoms with van der Waals surface area (Å²) in [6.45, 7) is 0.603. The Hall–Kier alpha value is -0.620. The number of carbonyl (C=O) groups excluding carboxylic acids is 1. The van der Waals surface area contributed by atoms with Crippen molar-refractivity contribution in [1.29, 1.82) is 0 Å². The Bertz CT molecular complexity index is 271. The zero-order chi connectivity index (χ0) is 9.19. The van der Waals surface area contributed by atoms with Gasteiger partial charge in [0.1, 0.15) is 0 Å². The second-order valence-corrected chi connectivity index (χ2v) is 4.51. The van der Waals surface area contributed by atoms with E-state index >= 15 is 0 Å². The molecule has 6 heteroatoms. The Morgan fingerprint density at radius 2 is 2.33 bits per heavy atom. The molecule has 5 nitrogen and oxygen atoms in total. The molecule has 0 aromatic rings. The second kappa shape index (κ2) is 3.40. The van der Waals surface area contributed by atoms with Gasteiger partial charge < -0.3 is 5.32 Å². The van der Waals surface area contributed by atoms with E-state index in [2.05, 4.69) is 9.50 Å². The predicted octanol–water partition coefficient (Wildman–Crippen LogP) is -0.901. The van der Waals surface area contributed by atoms with Crippen LogP contribution in [0.4, 0.5) is 0 Å². The van der Waals surface area contributed by atoms with E-state index < -0.39 is 10.1 Å². The van der Waals surface area contributed by atoms with Gasteiger partial charge in [-0.25, -0.2) is 0 Å². The molecule has 1 fully saturated rings. The van der Waals surface area contributed by atoms with Crippen molar-refractivity contribution in [3.8, 4) is 0 Å². The van der Waals surface area contributed by atoms with E-state index in [9.17, 15) is 13.2 Å². The summed E-state index contributed by atoms with van der Waals surface area (Å²) in [6.07, 6.45) is 1.35. The highest BCUT2D eigenvalue weighted by molar-refractivity contribution is 7.85. The van der Waals surface area contributed by atoms with E-state index in [1.807, 2.05) is 0 Å². The van der Waals surface area contributed by atoms with E-state index in [4.69, 9.17) is 0 Å². The molecule has 1 aliphatic rings. The fourth-order valence-electron chi connectivity index (χ4n) is 1.00. The van der Waals surface area contributed by atoms with Crippen LogP contribution in [-0.2, 0) is 19.1 Å². The maximum absolute atomic E-state index is 10.7. The average Bonchev–Trinajstić information content (AvgIpc) is 2.30. The quantitative estimate of drug-likeness (QED) is 0.589. The van der Waals surface area contributed by atoms with Crippen LogP contribution < -0.4 is 5.32 Å². The van der Waals surface area contributed by atoms with Crippen LogP contribution in [0.2, 0.25) is 0 Å². The maximum Gasteiger partial charge on any atom is 0.264 e. The largest absolute Gasteiger partial charge is 0.356 e. The maximum atomic E-state index is 10.7. The van der Waals surface area contributed by atoms with Crippen LogP contribution in [-0.4, -0.2) is 33.7 Å². The van der Waals surface area contributed by atoms with Crippen molar-refractivity contribution in [3.05, 3.63) is 0 Å².